The second kappa shape index (κ2) is 12.3. The number of amides is 2. The fourth-order valence-corrected chi connectivity index (χ4v) is 3.42. The summed E-state index contributed by atoms with van der Waals surface area (Å²) in [4.78, 5) is 40.6. The van der Waals surface area contributed by atoms with Crippen LogP contribution in [0.5, 0.6) is 0 Å². The van der Waals surface area contributed by atoms with Crippen molar-refractivity contribution in [2.45, 2.75) is 66.7 Å². The van der Waals surface area contributed by atoms with Gasteiger partial charge in [-0.15, -0.1) is 5.10 Å². The van der Waals surface area contributed by atoms with E-state index in [-0.39, 0.29) is 43.8 Å². The maximum atomic E-state index is 13.1. The molecule has 0 saturated heterocycles. The largest absolute Gasteiger partial charge is 0.459 e. The smallest absolute Gasteiger partial charge is 0.326 e. The van der Waals surface area contributed by atoms with Gasteiger partial charge in [-0.1, -0.05) is 49.4 Å². The maximum absolute atomic E-state index is 13.1. The number of esters is 1. The number of rotatable bonds is 11. The standard InChI is InChI=1S/C25H37N5O4/c1-19(2)14-28(20(3)31)13-12-23(32)29(18-24(33)34-25(4,5)6)16-22-17-30(27-26-22)15-21-10-8-7-9-11-21/h7-11,17,19H,12-16,18H2,1-6H3. The molecule has 34 heavy (non-hydrogen) atoms. The zero-order valence-corrected chi connectivity index (χ0v) is 21.2. The molecule has 0 fully saturated rings. The minimum absolute atomic E-state index is 0.0796. The topological polar surface area (TPSA) is 97.6 Å². The van der Waals surface area contributed by atoms with Crippen LogP contribution in [0.15, 0.2) is 36.5 Å². The normalized spacial score (nSPS) is 11.4. The Morgan fingerprint density at radius 1 is 1.09 bits per heavy atom. The Balaban J connectivity index is 2.10. The Morgan fingerprint density at radius 2 is 1.76 bits per heavy atom. The first-order valence-corrected chi connectivity index (χ1v) is 11.6. The maximum Gasteiger partial charge on any atom is 0.326 e. The molecule has 2 rings (SSSR count). The Bertz CT molecular complexity index is 950. The third-order valence-electron chi connectivity index (χ3n) is 4.85. The van der Waals surface area contributed by atoms with E-state index in [9.17, 15) is 14.4 Å². The number of carbonyl (C=O) groups excluding carboxylic acids is 3. The van der Waals surface area contributed by atoms with Crippen LogP contribution in [0.3, 0.4) is 0 Å². The van der Waals surface area contributed by atoms with E-state index in [2.05, 4.69) is 10.3 Å². The van der Waals surface area contributed by atoms with Crippen molar-refractivity contribution in [1.29, 1.82) is 0 Å². The SMILES string of the molecule is CC(=O)N(CCC(=O)N(CC(=O)OC(C)(C)C)Cc1cn(Cc2ccccc2)nn1)CC(C)C. The van der Waals surface area contributed by atoms with Gasteiger partial charge in [-0.2, -0.15) is 0 Å². The van der Waals surface area contributed by atoms with Crippen LogP contribution < -0.4 is 0 Å². The van der Waals surface area contributed by atoms with Crippen molar-refractivity contribution < 1.29 is 19.1 Å². The van der Waals surface area contributed by atoms with E-state index < -0.39 is 11.6 Å². The molecule has 0 aliphatic heterocycles. The Kier molecular flexibility index (Phi) is 9.77. The summed E-state index contributed by atoms with van der Waals surface area (Å²) in [5.41, 5.74) is 0.987. The molecule has 0 unspecified atom stereocenters. The number of hydrogen-bond donors (Lipinski definition) is 0. The number of hydrogen-bond acceptors (Lipinski definition) is 6. The zero-order chi connectivity index (χ0) is 25.3. The third kappa shape index (κ3) is 9.72. The van der Waals surface area contributed by atoms with Gasteiger partial charge >= 0.3 is 5.97 Å². The third-order valence-corrected chi connectivity index (χ3v) is 4.85. The van der Waals surface area contributed by atoms with Crippen LogP contribution in [0.1, 0.15) is 59.2 Å². The summed E-state index contributed by atoms with van der Waals surface area (Å²) in [6.07, 6.45) is 1.87. The molecular formula is C25H37N5O4. The van der Waals surface area contributed by atoms with Crippen molar-refractivity contribution in [2.75, 3.05) is 19.6 Å². The lowest BCUT2D eigenvalue weighted by Gasteiger charge is -2.27. The number of benzene rings is 1. The van der Waals surface area contributed by atoms with E-state index in [0.717, 1.165) is 5.56 Å². The van der Waals surface area contributed by atoms with Crippen LogP contribution in [-0.2, 0) is 32.2 Å². The molecule has 0 spiro atoms. The Labute approximate surface area is 202 Å². The lowest BCUT2D eigenvalue weighted by atomic mass is 10.2. The van der Waals surface area contributed by atoms with Crippen LogP contribution >= 0.6 is 0 Å². The van der Waals surface area contributed by atoms with Crippen molar-refractivity contribution in [3.8, 4) is 0 Å². The minimum Gasteiger partial charge on any atom is -0.459 e. The number of aromatic nitrogens is 3. The molecule has 9 nitrogen and oxygen atoms in total. The molecule has 0 radical (unpaired) electrons. The van der Waals surface area contributed by atoms with E-state index >= 15 is 0 Å². The first kappa shape index (κ1) is 27.0. The molecule has 0 atom stereocenters. The molecule has 1 aromatic heterocycles. The molecule has 1 aromatic carbocycles. The first-order chi connectivity index (χ1) is 15.9. The van der Waals surface area contributed by atoms with Gasteiger partial charge in [-0.3, -0.25) is 14.4 Å². The van der Waals surface area contributed by atoms with Gasteiger partial charge in [0, 0.05) is 26.4 Å². The monoisotopic (exact) mass is 471 g/mol. The van der Waals surface area contributed by atoms with E-state index in [1.54, 1.807) is 36.5 Å². The average Bonchev–Trinajstić information content (AvgIpc) is 3.16. The highest BCUT2D eigenvalue weighted by Gasteiger charge is 2.24. The molecule has 2 aromatic rings. The lowest BCUT2D eigenvalue weighted by molar-refractivity contribution is -0.159. The van der Waals surface area contributed by atoms with Crippen molar-refractivity contribution >= 4 is 17.8 Å². The van der Waals surface area contributed by atoms with Gasteiger partial charge < -0.3 is 14.5 Å². The summed E-state index contributed by atoms with van der Waals surface area (Å²) in [5, 5.41) is 8.33. The quantitative estimate of drug-likeness (QED) is 0.468. The Morgan fingerprint density at radius 3 is 2.35 bits per heavy atom. The molecule has 0 saturated carbocycles. The fraction of sp³-hybridized carbons (Fsp3) is 0.560. The van der Waals surface area contributed by atoms with Gasteiger partial charge in [0.05, 0.1) is 19.3 Å². The number of carbonyl (C=O) groups is 3. The van der Waals surface area contributed by atoms with Gasteiger partial charge in [0.2, 0.25) is 11.8 Å². The first-order valence-electron chi connectivity index (χ1n) is 11.6. The van der Waals surface area contributed by atoms with Gasteiger partial charge in [0.15, 0.2) is 0 Å². The second-order valence-corrected chi connectivity index (χ2v) is 9.84. The van der Waals surface area contributed by atoms with E-state index in [0.29, 0.717) is 18.8 Å². The van der Waals surface area contributed by atoms with Gasteiger partial charge in [-0.25, -0.2) is 4.68 Å². The van der Waals surface area contributed by atoms with Gasteiger partial charge in [-0.05, 0) is 32.3 Å². The van der Waals surface area contributed by atoms with Gasteiger partial charge in [0.1, 0.15) is 17.8 Å². The molecule has 186 valence electrons. The fourth-order valence-electron chi connectivity index (χ4n) is 3.42. The van der Waals surface area contributed by atoms with Crippen molar-refractivity contribution in [3.05, 3.63) is 47.8 Å². The number of ether oxygens (including phenoxy) is 1. The summed E-state index contributed by atoms with van der Waals surface area (Å²) in [6.45, 7) is 12.2. The molecule has 2 amide bonds. The van der Waals surface area contributed by atoms with Crippen LogP contribution in [-0.4, -0.2) is 67.8 Å². The molecule has 0 aliphatic carbocycles. The Hall–Kier alpha value is -3.23. The predicted molar refractivity (Wildman–Crippen MR) is 129 cm³/mol. The summed E-state index contributed by atoms with van der Waals surface area (Å²) in [7, 11) is 0. The second-order valence-electron chi connectivity index (χ2n) is 9.84. The highest BCUT2D eigenvalue weighted by molar-refractivity contribution is 5.83. The molecular weight excluding hydrogens is 434 g/mol. The van der Waals surface area contributed by atoms with E-state index in [1.165, 1.54) is 11.8 Å². The molecule has 1 heterocycles. The summed E-state index contributed by atoms with van der Waals surface area (Å²) < 4.78 is 7.11. The van der Waals surface area contributed by atoms with Crippen LogP contribution in [0, 0.1) is 5.92 Å². The molecule has 0 N–H and O–H groups in total. The highest BCUT2D eigenvalue weighted by Crippen LogP contribution is 2.11. The van der Waals surface area contributed by atoms with Crippen LogP contribution in [0.25, 0.3) is 0 Å². The minimum atomic E-state index is -0.659. The predicted octanol–water partition coefficient (Wildman–Crippen LogP) is 2.89. The van der Waals surface area contributed by atoms with Crippen LogP contribution in [0.4, 0.5) is 0 Å². The molecule has 9 heteroatoms. The summed E-state index contributed by atoms with van der Waals surface area (Å²) in [6, 6.07) is 9.86. The molecule has 0 bridgehead atoms. The summed E-state index contributed by atoms with van der Waals surface area (Å²) in [5.74, 6) is -0.540. The highest BCUT2D eigenvalue weighted by atomic mass is 16.6. The van der Waals surface area contributed by atoms with Crippen LogP contribution in [0.2, 0.25) is 0 Å². The van der Waals surface area contributed by atoms with E-state index in [4.69, 9.17) is 4.74 Å². The van der Waals surface area contributed by atoms with Crippen molar-refractivity contribution in [3.63, 3.8) is 0 Å². The van der Waals surface area contributed by atoms with Crippen molar-refractivity contribution in [2.24, 2.45) is 5.92 Å². The van der Waals surface area contributed by atoms with Crippen molar-refractivity contribution in [1.82, 2.24) is 24.8 Å². The molecule has 0 aliphatic rings. The lowest BCUT2D eigenvalue weighted by Crippen LogP contribution is -2.41. The van der Waals surface area contributed by atoms with Gasteiger partial charge in [0.25, 0.3) is 0 Å². The zero-order valence-electron chi connectivity index (χ0n) is 21.2. The average molecular weight is 472 g/mol. The van der Waals surface area contributed by atoms with E-state index in [1.807, 2.05) is 44.2 Å². The number of nitrogens with zero attached hydrogens (tertiary/aromatic N) is 5. The summed E-state index contributed by atoms with van der Waals surface area (Å²) >= 11 is 0.